The van der Waals surface area contributed by atoms with Gasteiger partial charge in [-0.3, -0.25) is 4.79 Å². The maximum atomic E-state index is 13.0. The molecule has 0 bridgehead atoms. The summed E-state index contributed by atoms with van der Waals surface area (Å²) < 4.78 is 5.93. The van der Waals surface area contributed by atoms with Crippen LogP contribution >= 0.6 is 11.6 Å². The Morgan fingerprint density at radius 1 is 1.20 bits per heavy atom. The van der Waals surface area contributed by atoms with Gasteiger partial charge >= 0.3 is 0 Å². The second kappa shape index (κ2) is 6.70. The van der Waals surface area contributed by atoms with Gasteiger partial charge in [-0.1, -0.05) is 36.7 Å². The van der Waals surface area contributed by atoms with E-state index in [1.807, 2.05) is 49.4 Å². The minimum absolute atomic E-state index is 0.0623. The van der Waals surface area contributed by atoms with Crippen LogP contribution in [0.2, 0.25) is 5.02 Å². The van der Waals surface area contributed by atoms with E-state index < -0.39 is 5.60 Å². The van der Waals surface area contributed by atoms with Gasteiger partial charge in [-0.05, 0) is 55.7 Å². The zero-order chi connectivity index (χ0) is 18.2. The second-order valence-electron chi connectivity index (χ2n) is 6.87. The van der Waals surface area contributed by atoms with Crippen molar-refractivity contribution in [2.24, 2.45) is 5.73 Å². The van der Waals surface area contributed by atoms with Gasteiger partial charge in [-0.25, -0.2) is 0 Å². The number of nitrogens with two attached hydrogens (primary N) is 1. The average Bonchev–Trinajstić information content (AvgIpc) is 2.59. The third-order valence-corrected chi connectivity index (χ3v) is 4.77. The predicted molar refractivity (Wildman–Crippen MR) is 101 cm³/mol. The molecule has 1 heterocycles. The van der Waals surface area contributed by atoms with Gasteiger partial charge in [0.05, 0.1) is 12.2 Å². The molecule has 1 atom stereocenters. The molecule has 2 aromatic rings. The zero-order valence-electron chi connectivity index (χ0n) is 14.8. The molecule has 0 saturated heterocycles. The summed E-state index contributed by atoms with van der Waals surface area (Å²) in [4.78, 5) is 14.7. The van der Waals surface area contributed by atoms with Crippen LogP contribution in [0.4, 0.5) is 5.69 Å². The van der Waals surface area contributed by atoms with E-state index in [0.717, 1.165) is 23.2 Å². The third kappa shape index (κ3) is 3.51. The summed E-state index contributed by atoms with van der Waals surface area (Å²) in [5, 5.41) is 0.675. The first-order valence-corrected chi connectivity index (χ1v) is 8.84. The SMILES string of the molecule is CCC(N)c1ccc2c(c1)N(Cc1ccc(Cl)cc1)C(=O)C(C)(C)O2. The Bertz CT molecular complexity index is 787. The number of halogens is 1. The van der Waals surface area contributed by atoms with E-state index in [0.29, 0.717) is 17.3 Å². The number of carbonyl (C=O) groups is 1. The first-order chi connectivity index (χ1) is 11.8. The Morgan fingerprint density at radius 2 is 1.88 bits per heavy atom. The van der Waals surface area contributed by atoms with Crippen LogP contribution in [0.25, 0.3) is 0 Å². The van der Waals surface area contributed by atoms with Crippen molar-refractivity contribution in [3.8, 4) is 5.75 Å². The minimum Gasteiger partial charge on any atom is -0.476 e. The fraction of sp³-hybridized carbons (Fsp3) is 0.350. The number of ether oxygens (including phenoxy) is 1. The number of nitrogens with zero attached hydrogens (tertiary/aromatic N) is 1. The molecule has 2 aromatic carbocycles. The Morgan fingerprint density at radius 3 is 2.52 bits per heavy atom. The molecule has 0 saturated carbocycles. The standard InChI is InChI=1S/C20H23ClN2O2/c1-4-16(22)14-7-10-18-17(11-14)23(19(24)20(2,3)25-18)12-13-5-8-15(21)9-6-13/h5-11,16H,4,12,22H2,1-3H3. The summed E-state index contributed by atoms with van der Waals surface area (Å²) >= 11 is 5.97. The summed E-state index contributed by atoms with van der Waals surface area (Å²) in [6.07, 6.45) is 0.830. The molecule has 1 unspecified atom stereocenters. The van der Waals surface area contributed by atoms with Gasteiger partial charge in [0.25, 0.3) is 5.91 Å². The van der Waals surface area contributed by atoms with Crippen molar-refractivity contribution in [3.63, 3.8) is 0 Å². The molecule has 4 nitrogen and oxygen atoms in total. The largest absolute Gasteiger partial charge is 0.476 e. The minimum atomic E-state index is -0.909. The van der Waals surface area contributed by atoms with E-state index in [1.54, 1.807) is 18.7 Å². The first kappa shape index (κ1) is 17.8. The molecule has 0 spiro atoms. The van der Waals surface area contributed by atoms with Crippen molar-refractivity contribution in [2.45, 2.75) is 45.4 Å². The Labute approximate surface area is 153 Å². The fourth-order valence-corrected chi connectivity index (χ4v) is 3.11. The Hall–Kier alpha value is -2.04. The first-order valence-electron chi connectivity index (χ1n) is 8.47. The lowest BCUT2D eigenvalue weighted by molar-refractivity contribution is -0.132. The zero-order valence-corrected chi connectivity index (χ0v) is 15.5. The molecular weight excluding hydrogens is 336 g/mol. The lowest BCUT2D eigenvalue weighted by atomic mass is 9.99. The Kier molecular flexibility index (Phi) is 4.76. The molecule has 1 aliphatic heterocycles. The molecule has 25 heavy (non-hydrogen) atoms. The number of hydrogen-bond donors (Lipinski definition) is 1. The van der Waals surface area contributed by atoms with Crippen molar-refractivity contribution in [1.29, 1.82) is 0 Å². The lowest BCUT2D eigenvalue weighted by Crippen LogP contribution is -2.52. The number of anilines is 1. The third-order valence-electron chi connectivity index (χ3n) is 4.52. The number of fused-ring (bicyclic) bond motifs is 1. The van der Waals surface area contributed by atoms with Crippen LogP contribution in [0.15, 0.2) is 42.5 Å². The van der Waals surface area contributed by atoms with Gasteiger partial charge in [0, 0.05) is 11.1 Å². The van der Waals surface area contributed by atoms with Crippen molar-refractivity contribution in [2.75, 3.05) is 4.90 Å². The van der Waals surface area contributed by atoms with Crippen molar-refractivity contribution in [3.05, 3.63) is 58.6 Å². The molecule has 5 heteroatoms. The van der Waals surface area contributed by atoms with E-state index in [1.165, 1.54) is 0 Å². The van der Waals surface area contributed by atoms with E-state index in [9.17, 15) is 4.79 Å². The van der Waals surface area contributed by atoms with Crippen molar-refractivity contribution < 1.29 is 9.53 Å². The number of carbonyl (C=O) groups excluding carboxylic acids is 1. The van der Waals surface area contributed by atoms with E-state index in [2.05, 4.69) is 0 Å². The molecule has 2 N–H and O–H groups in total. The van der Waals surface area contributed by atoms with Gasteiger partial charge < -0.3 is 15.4 Å². The lowest BCUT2D eigenvalue weighted by Gasteiger charge is -2.39. The number of rotatable bonds is 4. The summed E-state index contributed by atoms with van der Waals surface area (Å²) in [5.74, 6) is 0.628. The topological polar surface area (TPSA) is 55.6 Å². The second-order valence-corrected chi connectivity index (χ2v) is 7.31. The monoisotopic (exact) mass is 358 g/mol. The van der Waals surface area contributed by atoms with Crippen LogP contribution < -0.4 is 15.4 Å². The maximum absolute atomic E-state index is 13.0. The van der Waals surface area contributed by atoms with Crippen molar-refractivity contribution in [1.82, 2.24) is 0 Å². The highest BCUT2D eigenvalue weighted by atomic mass is 35.5. The van der Waals surface area contributed by atoms with Gasteiger partial charge in [0.2, 0.25) is 0 Å². The normalized spacial score (nSPS) is 17.0. The van der Waals surface area contributed by atoms with Crippen LogP contribution in [0, 0.1) is 0 Å². The highest BCUT2D eigenvalue weighted by Crippen LogP contribution is 2.40. The predicted octanol–water partition coefficient (Wildman–Crippen LogP) is 4.45. The summed E-state index contributed by atoms with van der Waals surface area (Å²) in [6, 6.07) is 13.3. The van der Waals surface area contributed by atoms with E-state index >= 15 is 0 Å². The molecule has 1 aliphatic rings. The van der Waals surface area contributed by atoms with Crippen LogP contribution in [0.5, 0.6) is 5.75 Å². The van der Waals surface area contributed by atoms with Gasteiger partial charge in [-0.15, -0.1) is 0 Å². The number of benzene rings is 2. The molecule has 0 aliphatic carbocycles. The molecule has 0 radical (unpaired) electrons. The molecule has 0 fully saturated rings. The van der Waals surface area contributed by atoms with Gasteiger partial charge in [0.1, 0.15) is 5.75 Å². The summed E-state index contributed by atoms with van der Waals surface area (Å²) in [6.45, 7) is 6.08. The molecule has 132 valence electrons. The van der Waals surface area contributed by atoms with Gasteiger partial charge in [-0.2, -0.15) is 0 Å². The smallest absolute Gasteiger partial charge is 0.271 e. The molecular formula is C20H23ClN2O2. The fourth-order valence-electron chi connectivity index (χ4n) is 2.98. The maximum Gasteiger partial charge on any atom is 0.271 e. The highest BCUT2D eigenvalue weighted by molar-refractivity contribution is 6.30. The van der Waals surface area contributed by atoms with Crippen LogP contribution in [0.3, 0.4) is 0 Å². The Balaban J connectivity index is 2.03. The quantitative estimate of drug-likeness (QED) is 0.878. The van der Waals surface area contributed by atoms with Crippen molar-refractivity contribution >= 4 is 23.2 Å². The highest BCUT2D eigenvalue weighted by Gasteiger charge is 2.41. The molecule has 0 aromatic heterocycles. The van der Waals surface area contributed by atoms with Crippen LogP contribution in [-0.4, -0.2) is 11.5 Å². The molecule has 1 amide bonds. The average molecular weight is 359 g/mol. The van der Waals surface area contributed by atoms with Gasteiger partial charge in [0.15, 0.2) is 5.60 Å². The van der Waals surface area contributed by atoms with Crippen LogP contribution in [-0.2, 0) is 11.3 Å². The molecule has 3 rings (SSSR count). The summed E-state index contributed by atoms with van der Waals surface area (Å²) in [5.41, 5.74) is 8.03. The number of amides is 1. The summed E-state index contributed by atoms with van der Waals surface area (Å²) in [7, 11) is 0. The van der Waals surface area contributed by atoms with E-state index in [-0.39, 0.29) is 11.9 Å². The van der Waals surface area contributed by atoms with E-state index in [4.69, 9.17) is 22.1 Å². The number of hydrogen-bond acceptors (Lipinski definition) is 3. The van der Waals surface area contributed by atoms with Crippen LogP contribution in [0.1, 0.15) is 44.4 Å².